The molecule has 0 fully saturated rings. The van der Waals surface area contributed by atoms with Crippen molar-refractivity contribution in [3.05, 3.63) is 24.8 Å². The van der Waals surface area contributed by atoms with Crippen LogP contribution >= 0.6 is 0 Å². The molecule has 0 radical (unpaired) electrons. The van der Waals surface area contributed by atoms with Gasteiger partial charge in [0, 0.05) is 6.32 Å². The van der Waals surface area contributed by atoms with Crippen LogP contribution in [0.1, 0.15) is 0 Å². The van der Waals surface area contributed by atoms with Crippen LogP contribution in [0.4, 0.5) is 0 Å². The van der Waals surface area contributed by atoms with E-state index in [0.29, 0.717) is 0 Å². The van der Waals surface area contributed by atoms with Gasteiger partial charge in [-0.05, 0) is 0 Å². The molecule has 0 aliphatic heterocycles. The molecule has 0 aromatic rings. The predicted octanol–water partition coefficient (Wildman–Crippen LogP) is 0.201. The molecular formula is C5H9BO2. The van der Waals surface area contributed by atoms with Crippen LogP contribution in [-0.2, 0) is 0 Å². The molecule has 0 saturated carbocycles. The summed E-state index contributed by atoms with van der Waals surface area (Å²) in [6.07, 6.45) is 5.16. The largest absolute Gasteiger partial charge is 0.455 e. The van der Waals surface area contributed by atoms with Crippen LogP contribution in [0.2, 0.25) is 6.32 Å². The van der Waals surface area contributed by atoms with Crippen LogP contribution in [0.3, 0.4) is 0 Å². The molecule has 0 amide bonds. The summed E-state index contributed by atoms with van der Waals surface area (Å²) >= 11 is 0. The second kappa shape index (κ2) is 4.62. The summed E-state index contributed by atoms with van der Waals surface area (Å²) in [5.41, 5.74) is 0. The van der Waals surface area contributed by atoms with E-state index in [1.165, 1.54) is 0 Å². The Balaban J connectivity index is 3.15. The second-order valence-electron chi connectivity index (χ2n) is 1.38. The molecule has 0 rings (SSSR count). The molecule has 0 saturated heterocycles. The van der Waals surface area contributed by atoms with Crippen LogP contribution in [0.15, 0.2) is 24.8 Å². The Morgan fingerprint density at radius 3 is 2.50 bits per heavy atom. The molecule has 0 heterocycles. The Labute approximate surface area is 49.3 Å². The van der Waals surface area contributed by atoms with E-state index >= 15 is 0 Å². The van der Waals surface area contributed by atoms with Crippen molar-refractivity contribution in [2.75, 3.05) is 0 Å². The van der Waals surface area contributed by atoms with Crippen molar-refractivity contribution in [2.24, 2.45) is 0 Å². The number of hydrogen-bond acceptors (Lipinski definition) is 2. The van der Waals surface area contributed by atoms with Gasteiger partial charge in [-0.25, -0.2) is 0 Å². The highest BCUT2D eigenvalue weighted by Crippen LogP contribution is 1.85. The highest BCUT2D eigenvalue weighted by Gasteiger charge is 1.99. The first-order valence-corrected chi connectivity index (χ1v) is 2.41. The van der Waals surface area contributed by atoms with E-state index in [0.717, 1.165) is 0 Å². The van der Waals surface area contributed by atoms with E-state index in [-0.39, 0.29) is 6.32 Å². The molecule has 0 bridgehead atoms. The van der Waals surface area contributed by atoms with E-state index < -0.39 is 7.12 Å². The summed E-state index contributed by atoms with van der Waals surface area (Å²) in [5, 5.41) is 16.5. The lowest BCUT2D eigenvalue weighted by Crippen LogP contribution is -2.07. The quantitative estimate of drug-likeness (QED) is 0.404. The van der Waals surface area contributed by atoms with E-state index in [4.69, 9.17) is 10.0 Å². The Hall–Kier alpha value is -0.535. The third kappa shape index (κ3) is 5.46. The first kappa shape index (κ1) is 7.46. The van der Waals surface area contributed by atoms with Crippen molar-refractivity contribution in [1.29, 1.82) is 0 Å². The van der Waals surface area contributed by atoms with Crippen LogP contribution < -0.4 is 0 Å². The minimum absolute atomic E-state index is 0.270. The predicted molar refractivity (Wildman–Crippen MR) is 34.3 cm³/mol. The molecule has 0 aromatic carbocycles. The molecule has 2 nitrogen and oxygen atoms in total. The average molecular weight is 112 g/mol. The van der Waals surface area contributed by atoms with Crippen LogP contribution in [0.25, 0.3) is 0 Å². The Bertz CT molecular complexity index is 88.4. The van der Waals surface area contributed by atoms with Crippen LogP contribution in [0, 0.1) is 0 Å². The second-order valence-corrected chi connectivity index (χ2v) is 1.38. The lowest BCUT2D eigenvalue weighted by atomic mass is 9.86. The highest BCUT2D eigenvalue weighted by molar-refractivity contribution is 6.41. The van der Waals surface area contributed by atoms with Crippen molar-refractivity contribution < 1.29 is 10.0 Å². The van der Waals surface area contributed by atoms with Crippen molar-refractivity contribution in [2.45, 2.75) is 6.32 Å². The molecule has 0 aliphatic carbocycles. The zero-order valence-corrected chi connectivity index (χ0v) is 4.62. The van der Waals surface area contributed by atoms with Gasteiger partial charge in [0.15, 0.2) is 0 Å². The van der Waals surface area contributed by atoms with Gasteiger partial charge in [0.1, 0.15) is 0 Å². The van der Waals surface area contributed by atoms with E-state index in [2.05, 4.69) is 6.58 Å². The molecule has 0 aliphatic rings. The summed E-state index contributed by atoms with van der Waals surface area (Å²) in [5.74, 6) is 0. The smallest absolute Gasteiger partial charge is 0.427 e. The zero-order chi connectivity index (χ0) is 6.41. The molecule has 0 spiro atoms. The fraction of sp³-hybridized carbons (Fsp3) is 0.200. The van der Waals surface area contributed by atoms with Gasteiger partial charge in [-0.3, -0.25) is 0 Å². The van der Waals surface area contributed by atoms with Crippen molar-refractivity contribution in [3.8, 4) is 0 Å². The number of allylic oxidation sites excluding steroid dienone is 3. The highest BCUT2D eigenvalue weighted by atomic mass is 16.4. The molecule has 0 aromatic heterocycles. The fourth-order valence-electron chi connectivity index (χ4n) is 0.297. The SMILES string of the molecule is C=CC=CCB(O)O. The summed E-state index contributed by atoms with van der Waals surface area (Å²) < 4.78 is 0. The minimum Gasteiger partial charge on any atom is -0.427 e. The van der Waals surface area contributed by atoms with Crippen LogP contribution in [0.5, 0.6) is 0 Å². The standard InChI is InChI=1S/C5H9BO2/c1-2-3-4-5-6(7)8/h2-4,7-8H,1,5H2. The first-order chi connectivity index (χ1) is 3.77. The topological polar surface area (TPSA) is 40.5 Å². The first-order valence-electron chi connectivity index (χ1n) is 2.41. The van der Waals surface area contributed by atoms with Crippen molar-refractivity contribution >= 4 is 7.12 Å². The molecular weight excluding hydrogens is 103 g/mol. The molecule has 3 heteroatoms. The Morgan fingerprint density at radius 2 is 2.12 bits per heavy atom. The monoisotopic (exact) mass is 112 g/mol. The van der Waals surface area contributed by atoms with E-state index in [1.807, 2.05) is 0 Å². The van der Waals surface area contributed by atoms with Gasteiger partial charge in [-0.15, -0.1) is 0 Å². The summed E-state index contributed by atoms with van der Waals surface area (Å²) in [6.45, 7) is 3.41. The van der Waals surface area contributed by atoms with Gasteiger partial charge in [-0.2, -0.15) is 0 Å². The molecule has 44 valence electrons. The average Bonchev–Trinajstić information content (AvgIpc) is 1.66. The van der Waals surface area contributed by atoms with Crippen LogP contribution in [-0.4, -0.2) is 17.2 Å². The van der Waals surface area contributed by atoms with Crippen molar-refractivity contribution in [3.63, 3.8) is 0 Å². The van der Waals surface area contributed by atoms with Gasteiger partial charge in [0.2, 0.25) is 0 Å². The number of hydrogen-bond donors (Lipinski definition) is 2. The minimum atomic E-state index is -1.23. The van der Waals surface area contributed by atoms with E-state index in [1.54, 1.807) is 18.2 Å². The molecule has 0 atom stereocenters. The molecule has 2 N–H and O–H groups in total. The lowest BCUT2D eigenvalue weighted by molar-refractivity contribution is 0.411. The maximum Gasteiger partial charge on any atom is 0.455 e. The number of rotatable bonds is 3. The molecule has 0 unspecified atom stereocenters. The van der Waals surface area contributed by atoms with Crippen molar-refractivity contribution in [1.82, 2.24) is 0 Å². The summed E-state index contributed by atoms with van der Waals surface area (Å²) in [4.78, 5) is 0. The van der Waals surface area contributed by atoms with Gasteiger partial charge >= 0.3 is 7.12 Å². The normalized spacial score (nSPS) is 9.75. The van der Waals surface area contributed by atoms with Gasteiger partial charge in [0.05, 0.1) is 0 Å². The Morgan fingerprint density at radius 1 is 1.50 bits per heavy atom. The maximum atomic E-state index is 8.25. The fourth-order valence-corrected chi connectivity index (χ4v) is 0.297. The third-order valence-electron chi connectivity index (χ3n) is 0.619. The van der Waals surface area contributed by atoms with Gasteiger partial charge in [-0.1, -0.05) is 24.8 Å². The van der Waals surface area contributed by atoms with E-state index in [9.17, 15) is 0 Å². The molecule has 8 heavy (non-hydrogen) atoms. The third-order valence-corrected chi connectivity index (χ3v) is 0.619. The van der Waals surface area contributed by atoms with Gasteiger partial charge in [0.25, 0.3) is 0 Å². The zero-order valence-electron chi connectivity index (χ0n) is 4.62. The Kier molecular flexibility index (Phi) is 4.31. The summed E-state index contributed by atoms with van der Waals surface area (Å²) in [6, 6.07) is 0. The van der Waals surface area contributed by atoms with Gasteiger partial charge < -0.3 is 10.0 Å². The summed E-state index contributed by atoms with van der Waals surface area (Å²) in [7, 11) is -1.23. The maximum absolute atomic E-state index is 8.25. The lowest BCUT2D eigenvalue weighted by Gasteiger charge is -1.85.